The Morgan fingerprint density at radius 2 is 1.89 bits per heavy atom. The minimum Gasteiger partial charge on any atom is -0.459 e. The fourth-order valence-corrected chi connectivity index (χ4v) is 3.26. The highest BCUT2D eigenvalue weighted by molar-refractivity contribution is 7.13. The molecule has 140 valence electrons. The molecule has 0 spiro atoms. The third-order valence-corrected chi connectivity index (χ3v) is 4.88. The summed E-state index contributed by atoms with van der Waals surface area (Å²) in [7, 11) is 1.61. The number of carbonyl (C=O) groups is 2. The van der Waals surface area contributed by atoms with E-state index in [2.05, 4.69) is 10.3 Å². The number of nitrogens with zero attached hydrogens (tertiary/aromatic N) is 2. The number of thiazole rings is 1. The van der Waals surface area contributed by atoms with Crippen LogP contribution in [0.2, 0.25) is 0 Å². The van der Waals surface area contributed by atoms with Gasteiger partial charge in [0.2, 0.25) is 11.8 Å². The maximum atomic E-state index is 12.4. The Labute approximate surface area is 161 Å². The number of carbonyl (C=O) groups excluding carboxylic acids is 2. The van der Waals surface area contributed by atoms with E-state index >= 15 is 0 Å². The molecule has 0 fully saturated rings. The largest absolute Gasteiger partial charge is 0.459 e. The molecule has 0 saturated heterocycles. The van der Waals surface area contributed by atoms with Gasteiger partial charge >= 0.3 is 0 Å². The van der Waals surface area contributed by atoms with Crippen LogP contribution >= 0.6 is 11.3 Å². The van der Waals surface area contributed by atoms with Gasteiger partial charge in [0.1, 0.15) is 5.76 Å². The Bertz CT molecular complexity index is 944. The average Bonchev–Trinajstić information content (AvgIpc) is 3.25. The molecule has 3 rings (SSSR count). The van der Waals surface area contributed by atoms with E-state index in [1.54, 1.807) is 7.05 Å². The Kier molecular flexibility index (Phi) is 5.71. The van der Waals surface area contributed by atoms with E-state index in [4.69, 9.17) is 4.42 Å². The minimum atomic E-state index is -0.236. The summed E-state index contributed by atoms with van der Waals surface area (Å²) in [5.41, 5.74) is 2.50. The van der Waals surface area contributed by atoms with Crippen LogP contribution in [0.15, 0.2) is 46.2 Å². The second-order valence-electron chi connectivity index (χ2n) is 6.40. The van der Waals surface area contributed by atoms with Crippen LogP contribution in [0.25, 0.3) is 10.8 Å². The quantitative estimate of drug-likeness (QED) is 0.705. The van der Waals surface area contributed by atoms with Crippen molar-refractivity contribution >= 4 is 28.8 Å². The summed E-state index contributed by atoms with van der Waals surface area (Å²) >= 11 is 1.43. The molecule has 0 saturated carbocycles. The number of hydrogen-bond acceptors (Lipinski definition) is 5. The predicted octanol–water partition coefficient (Wildman–Crippen LogP) is 3.66. The Balaban J connectivity index is 1.53. The topological polar surface area (TPSA) is 75.4 Å². The number of hydrogen-bond donors (Lipinski definition) is 1. The van der Waals surface area contributed by atoms with Gasteiger partial charge in [0, 0.05) is 18.1 Å². The van der Waals surface area contributed by atoms with Gasteiger partial charge in [-0.3, -0.25) is 9.59 Å². The van der Waals surface area contributed by atoms with Crippen LogP contribution in [0.1, 0.15) is 17.0 Å². The van der Waals surface area contributed by atoms with Crippen molar-refractivity contribution in [2.45, 2.75) is 20.3 Å². The Hall–Kier alpha value is -2.93. The summed E-state index contributed by atoms with van der Waals surface area (Å²) in [4.78, 5) is 30.4. The monoisotopic (exact) mass is 383 g/mol. The summed E-state index contributed by atoms with van der Waals surface area (Å²) in [5, 5.41) is 5.37. The molecule has 0 unspecified atom stereocenters. The highest BCUT2D eigenvalue weighted by Gasteiger charge is 2.16. The van der Waals surface area contributed by atoms with Crippen LogP contribution in [0, 0.1) is 13.8 Å². The minimum absolute atomic E-state index is 0.0128. The van der Waals surface area contributed by atoms with Gasteiger partial charge in [0.15, 0.2) is 10.8 Å². The number of aryl methyl sites for hydroxylation is 2. The third-order valence-electron chi connectivity index (χ3n) is 3.98. The Morgan fingerprint density at radius 1 is 1.15 bits per heavy atom. The summed E-state index contributed by atoms with van der Waals surface area (Å²) in [6.45, 7) is 3.84. The van der Waals surface area contributed by atoms with Gasteiger partial charge in [0.25, 0.3) is 0 Å². The molecule has 0 radical (unpaired) electrons. The number of furan rings is 1. The molecular formula is C20H21N3O3S. The van der Waals surface area contributed by atoms with Gasteiger partial charge in [0.05, 0.1) is 18.7 Å². The molecule has 1 aromatic carbocycles. The SMILES string of the molecule is Cc1ccc(NC(=O)CN(C)C(=O)Cc2csc(-c3ccc(C)o3)n2)cc1. The number of aromatic nitrogens is 1. The molecule has 0 atom stereocenters. The first-order valence-corrected chi connectivity index (χ1v) is 9.40. The zero-order valence-electron chi connectivity index (χ0n) is 15.5. The van der Waals surface area contributed by atoms with E-state index in [1.807, 2.05) is 55.6 Å². The van der Waals surface area contributed by atoms with E-state index in [0.717, 1.165) is 16.3 Å². The summed E-state index contributed by atoms with van der Waals surface area (Å²) in [6, 6.07) is 11.3. The molecule has 2 aromatic heterocycles. The van der Waals surface area contributed by atoms with Crippen molar-refractivity contribution in [3.63, 3.8) is 0 Å². The average molecular weight is 383 g/mol. The molecule has 0 aliphatic carbocycles. The van der Waals surface area contributed by atoms with Gasteiger partial charge in [-0.25, -0.2) is 4.98 Å². The van der Waals surface area contributed by atoms with Crippen LogP contribution in [0.4, 0.5) is 5.69 Å². The van der Waals surface area contributed by atoms with Crippen LogP contribution in [0.3, 0.4) is 0 Å². The van der Waals surface area contributed by atoms with Gasteiger partial charge < -0.3 is 14.6 Å². The molecule has 0 aliphatic rings. The normalized spacial score (nSPS) is 10.6. The van der Waals surface area contributed by atoms with Gasteiger partial charge in [-0.2, -0.15) is 0 Å². The lowest BCUT2D eigenvalue weighted by molar-refractivity contribution is -0.132. The number of rotatable bonds is 6. The lowest BCUT2D eigenvalue weighted by Crippen LogP contribution is -2.35. The molecule has 6 nitrogen and oxygen atoms in total. The van der Waals surface area contributed by atoms with Gasteiger partial charge in [-0.1, -0.05) is 17.7 Å². The molecule has 7 heteroatoms. The van der Waals surface area contributed by atoms with E-state index in [0.29, 0.717) is 17.1 Å². The standard InChI is InChI=1S/C20H21N3O3S/c1-13-4-7-15(8-5-13)21-18(24)11-23(3)19(25)10-16-12-27-20(22-16)17-9-6-14(2)26-17/h4-9,12H,10-11H2,1-3H3,(H,21,24). The third kappa shape index (κ3) is 5.04. The number of benzene rings is 1. The smallest absolute Gasteiger partial charge is 0.243 e. The first kappa shape index (κ1) is 18.8. The highest BCUT2D eigenvalue weighted by atomic mass is 32.1. The van der Waals surface area contributed by atoms with Crippen molar-refractivity contribution in [1.82, 2.24) is 9.88 Å². The van der Waals surface area contributed by atoms with E-state index in [1.165, 1.54) is 16.2 Å². The van der Waals surface area contributed by atoms with E-state index in [9.17, 15) is 9.59 Å². The first-order chi connectivity index (χ1) is 12.9. The molecule has 27 heavy (non-hydrogen) atoms. The number of amides is 2. The van der Waals surface area contributed by atoms with Crippen molar-refractivity contribution in [1.29, 1.82) is 0 Å². The van der Waals surface area contributed by atoms with E-state index in [-0.39, 0.29) is 24.8 Å². The van der Waals surface area contributed by atoms with E-state index < -0.39 is 0 Å². The lowest BCUT2D eigenvalue weighted by atomic mass is 10.2. The molecule has 1 N–H and O–H groups in total. The zero-order chi connectivity index (χ0) is 19.4. The molecule has 0 bridgehead atoms. The van der Waals surface area contributed by atoms with Crippen molar-refractivity contribution in [2.75, 3.05) is 18.9 Å². The predicted molar refractivity (Wildman–Crippen MR) is 106 cm³/mol. The molecule has 2 amide bonds. The Morgan fingerprint density at radius 3 is 2.56 bits per heavy atom. The van der Waals surface area contributed by atoms with Crippen molar-refractivity contribution in [3.05, 3.63) is 58.8 Å². The molecule has 0 aliphatic heterocycles. The van der Waals surface area contributed by atoms with Crippen molar-refractivity contribution in [2.24, 2.45) is 0 Å². The molecular weight excluding hydrogens is 362 g/mol. The van der Waals surface area contributed by atoms with Gasteiger partial charge in [-0.15, -0.1) is 11.3 Å². The summed E-state index contributed by atoms with van der Waals surface area (Å²) in [5.74, 6) is 1.11. The fourth-order valence-electron chi connectivity index (χ4n) is 2.48. The first-order valence-electron chi connectivity index (χ1n) is 8.52. The number of anilines is 1. The maximum absolute atomic E-state index is 12.4. The van der Waals surface area contributed by atoms with Crippen molar-refractivity contribution in [3.8, 4) is 10.8 Å². The van der Waals surface area contributed by atoms with Crippen molar-refractivity contribution < 1.29 is 14.0 Å². The van der Waals surface area contributed by atoms with Crippen LogP contribution in [-0.4, -0.2) is 35.3 Å². The number of nitrogens with one attached hydrogen (secondary N) is 1. The van der Waals surface area contributed by atoms with Crippen LogP contribution < -0.4 is 5.32 Å². The lowest BCUT2D eigenvalue weighted by Gasteiger charge is -2.16. The maximum Gasteiger partial charge on any atom is 0.243 e. The summed E-state index contributed by atoms with van der Waals surface area (Å²) < 4.78 is 5.55. The number of likely N-dealkylation sites (N-methyl/N-ethyl adjacent to an activating group) is 1. The van der Waals surface area contributed by atoms with Crippen LogP contribution in [0.5, 0.6) is 0 Å². The zero-order valence-corrected chi connectivity index (χ0v) is 16.3. The highest BCUT2D eigenvalue weighted by Crippen LogP contribution is 2.25. The molecule has 3 aromatic rings. The second-order valence-corrected chi connectivity index (χ2v) is 7.25. The van der Waals surface area contributed by atoms with Crippen LogP contribution in [-0.2, 0) is 16.0 Å². The fraction of sp³-hybridized carbons (Fsp3) is 0.250. The second kappa shape index (κ2) is 8.18. The summed E-state index contributed by atoms with van der Waals surface area (Å²) in [6.07, 6.45) is 0.143. The molecule has 2 heterocycles. The van der Waals surface area contributed by atoms with Gasteiger partial charge in [-0.05, 0) is 38.1 Å².